The van der Waals surface area contributed by atoms with Crippen molar-refractivity contribution in [3.63, 3.8) is 0 Å². The molecule has 0 aromatic heterocycles. The molecule has 0 heterocycles. The molecular formula is C12H22O4. The largest absolute Gasteiger partial charge is 0.462 e. The van der Waals surface area contributed by atoms with E-state index in [4.69, 9.17) is 9.47 Å². The van der Waals surface area contributed by atoms with Crippen LogP contribution in [0.3, 0.4) is 0 Å². The highest BCUT2D eigenvalue weighted by atomic mass is 16.6. The Bertz CT molecular complexity index is 228. The van der Waals surface area contributed by atoms with Gasteiger partial charge in [0.05, 0.1) is 5.41 Å². The summed E-state index contributed by atoms with van der Waals surface area (Å²) in [6.45, 7) is 7.63. The Balaban J connectivity index is 3.54. The summed E-state index contributed by atoms with van der Waals surface area (Å²) in [5.41, 5.74) is -0.508. The van der Waals surface area contributed by atoms with E-state index in [9.17, 15) is 9.59 Å². The van der Waals surface area contributed by atoms with E-state index in [1.165, 1.54) is 0 Å². The maximum atomic E-state index is 11.3. The first-order valence-corrected chi connectivity index (χ1v) is 5.70. The second kappa shape index (κ2) is 7.25. The molecule has 0 aromatic carbocycles. The van der Waals surface area contributed by atoms with Crippen LogP contribution in [-0.4, -0.2) is 25.2 Å². The Kier molecular flexibility index (Phi) is 6.77. The standard InChI is InChI=1S/C12H22O4/c1-5-6-7-10(13)15-8-9-16-11(14)12(2,3)4/h5-9H2,1-4H3. The zero-order chi connectivity index (χ0) is 12.6. The lowest BCUT2D eigenvalue weighted by atomic mass is 9.97. The van der Waals surface area contributed by atoms with Crippen molar-refractivity contribution in [2.24, 2.45) is 5.41 Å². The van der Waals surface area contributed by atoms with E-state index in [2.05, 4.69) is 0 Å². The second-order valence-corrected chi connectivity index (χ2v) is 4.71. The maximum absolute atomic E-state index is 11.3. The van der Waals surface area contributed by atoms with Gasteiger partial charge in [0.25, 0.3) is 0 Å². The molecule has 0 aromatic rings. The van der Waals surface area contributed by atoms with Gasteiger partial charge in [-0.1, -0.05) is 13.3 Å². The van der Waals surface area contributed by atoms with Gasteiger partial charge in [-0.05, 0) is 27.2 Å². The molecule has 0 atom stereocenters. The molecule has 0 saturated heterocycles. The van der Waals surface area contributed by atoms with Crippen LogP contribution in [0.5, 0.6) is 0 Å². The molecule has 94 valence electrons. The van der Waals surface area contributed by atoms with E-state index < -0.39 is 5.41 Å². The third-order valence-electron chi connectivity index (χ3n) is 1.93. The normalized spacial score (nSPS) is 11.0. The van der Waals surface area contributed by atoms with Gasteiger partial charge >= 0.3 is 11.9 Å². The molecule has 0 saturated carbocycles. The summed E-state index contributed by atoms with van der Waals surface area (Å²) < 4.78 is 9.84. The molecule has 0 amide bonds. The van der Waals surface area contributed by atoms with E-state index in [0.717, 1.165) is 12.8 Å². The smallest absolute Gasteiger partial charge is 0.311 e. The van der Waals surface area contributed by atoms with Gasteiger partial charge in [-0.15, -0.1) is 0 Å². The molecule has 0 aliphatic carbocycles. The fraction of sp³-hybridized carbons (Fsp3) is 0.833. The van der Waals surface area contributed by atoms with Crippen molar-refractivity contribution >= 4 is 11.9 Å². The van der Waals surface area contributed by atoms with E-state index in [1.807, 2.05) is 6.92 Å². The lowest BCUT2D eigenvalue weighted by molar-refractivity contribution is -0.158. The van der Waals surface area contributed by atoms with Crippen LogP contribution in [0.25, 0.3) is 0 Å². The summed E-state index contributed by atoms with van der Waals surface area (Å²) in [7, 11) is 0. The van der Waals surface area contributed by atoms with Gasteiger partial charge in [-0.3, -0.25) is 9.59 Å². The van der Waals surface area contributed by atoms with Gasteiger partial charge in [0.2, 0.25) is 0 Å². The van der Waals surface area contributed by atoms with E-state index >= 15 is 0 Å². The topological polar surface area (TPSA) is 52.6 Å². The van der Waals surface area contributed by atoms with Gasteiger partial charge < -0.3 is 9.47 Å². The highest BCUT2D eigenvalue weighted by molar-refractivity contribution is 5.75. The van der Waals surface area contributed by atoms with Crippen molar-refractivity contribution in [2.45, 2.75) is 47.0 Å². The van der Waals surface area contributed by atoms with Crippen molar-refractivity contribution in [2.75, 3.05) is 13.2 Å². The van der Waals surface area contributed by atoms with Gasteiger partial charge in [0.15, 0.2) is 0 Å². The lowest BCUT2D eigenvalue weighted by Crippen LogP contribution is -2.24. The Morgan fingerprint density at radius 3 is 2.12 bits per heavy atom. The molecule has 0 unspecified atom stereocenters. The molecule has 0 aliphatic heterocycles. The maximum Gasteiger partial charge on any atom is 0.311 e. The van der Waals surface area contributed by atoms with Crippen molar-refractivity contribution in [3.8, 4) is 0 Å². The monoisotopic (exact) mass is 230 g/mol. The van der Waals surface area contributed by atoms with Crippen molar-refractivity contribution in [3.05, 3.63) is 0 Å². The highest BCUT2D eigenvalue weighted by Crippen LogP contribution is 2.14. The van der Waals surface area contributed by atoms with Gasteiger partial charge in [-0.2, -0.15) is 0 Å². The first kappa shape index (κ1) is 14.9. The molecule has 0 fully saturated rings. The van der Waals surface area contributed by atoms with Gasteiger partial charge in [0.1, 0.15) is 13.2 Å². The van der Waals surface area contributed by atoms with Crippen molar-refractivity contribution in [1.82, 2.24) is 0 Å². The van der Waals surface area contributed by atoms with Crippen LogP contribution in [0.1, 0.15) is 47.0 Å². The van der Waals surface area contributed by atoms with Crippen LogP contribution < -0.4 is 0 Å². The third kappa shape index (κ3) is 7.26. The third-order valence-corrected chi connectivity index (χ3v) is 1.93. The number of ether oxygens (including phenoxy) is 2. The lowest BCUT2D eigenvalue weighted by Gasteiger charge is -2.16. The number of unbranched alkanes of at least 4 members (excludes halogenated alkanes) is 1. The molecule has 0 rings (SSSR count). The number of carbonyl (C=O) groups is 2. The molecule has 0 N–H and O–H groups in total. The fourth-order valence-electron chi connectivity index (χ4n) is 0.900. The second-order valence-electron chi connectivity index (χ2n) is 4.71. The minimum absolute atomic E-state index is 0.133. The summed E-state index contributed by atoms with van der Waals surface area (Å²) in [6.07, 6.45) is 2.23. The molecule has 0 spiro atoms. The van der Waals surface area contributed by atoms with Crippen LogP contribution >= 0.6 is 0 Å². The minimum atomic E-state index is -0.508. The Morgan fingerprint density at radius 2 is 1.62 bits per heavy atom. The van der Waals surface area contributed by atoms with Crippen LogP contribution in [0.15, 0.2) is 0 Å². The summed E-state index contributed by atoms with van der Waals surface area (Å²) in [5.74, 6) is -0.509. The zero-order valence-electron chi connectivity index (χ0n) is 10.7. The highest BCUT2D eigenvalue weighted by Gasteiger charge is 2.22. The number of hydrogen-bond donors (Lipinski definition) is 0. The van der Waals surface area contributed by atoms with Crippen LogP contribution in [0.2, 0.25) is 0 Å². The van der Waals surface area contributed by atoms with E-state index in [-0.39, 0.29) is 25.2 Å². The number of hydrogen-bond acceptors (Lipinski definition) is 4. The van der Waals surface area contributed by atoms with E-state index in [1.54, 1.807) is 20.8 Å². The molecule has 16 heavy (non-hydrogen) atoms. The Labute approximate surface area is 97.3 Å². The average Bonchev–Trinajstić information content (AvgIpc) is 2.19. The summed E-state index contributed by atoms with van der Waals surface area (Å²) in [6, 6.07) is 0. The SMILES string of the molecule is CCCCC(=O)OCCOC(=O)C(C)(C)C. The molecule has 0 radical (unpaired) electrons. The summed E-state index contributed by atoms with van der Waals surface area (Å²) in [5, 5.41) is 0. The Morgan fingerprint density at radius 1 is 1.06 bits per heavy atom. The fourth-order valence-corrected chi connectivity index (χ4v) is 0.900. The quantitative estimate of drug-likeness (QED) is 0.519. The zero-order valence-corrected chi connectivity index (χ0v) is 10.7. The van der Waals surface area contributed by atoms with Gasteiger partial charge in [-0.25, -0.2) is 0 Å². The summed E-state index contributed by atoms with van der Waals surface area (Å²) >= 11 is 0. The van der Waals surface area contributed by atoms with Crippen molar-refractivity contribution < 1.29 is 19.1 Å². The molecule has 0 aliphatic rings. The van der Waals surface area contributed by atoms with Crippen LogP contribution in [0, 0.1) is 5.41 Å². The average molecular weight is 230 g/mol. The minimum Gasteiger partial charge on any atom is -0.462 e. The first-order valence-electron chi connectivity index (χ1n) is 5.70. The van der Waals surface area contributed by atoms with E-state index in [0.29, 0.717) is 6.42 Å². The number of rotatable bonds is 6. The first-order chi connectivity index (χ1) is 7.38. The molecule has 0 bridgehead atoms. The van der Waals surface area contributed by atoms with Crippen LogP contribution in [-0.2, 0) is 19.1 Å². The summed E-state index contributed by atoms with van der Waals surface area (Å²) in [4.78, 5) is 22.4. The molecular weight excluding hydrogens is 208 g/mol. The Hall–Kier alpha value is -1.06. The number of carbonyl (C=O) groups excluding carboxylic acids is 2. The predicted octanol–water partition coefficient (Wildman–Crippen LogP) is 2.31. The van der Waals surface area contributed by atoms with Gasteiger partial charge in [0, 0.05) is 6.42 Å². The number of esters is 2. The molecule has 4 nitrogen and oxygen atoms in total. The predicted molar refractivity (Wildman–Crippen MR) is 60.9 cm³/mol. The van der Waals surface area contributed by atoms with Crippen molar-refractivity contribution in [1.29, 1.82) is 0 Å². The molecule has 4 heteroatoms. The van der Waals surface area contributed by atoms with Crippen LogP contribution in [0.4, 0.5) is 0 Å².